The van der Waals surface area contributed by atoms with Crippen molar-refractivity contribution >= 4 is 5.91 Å². The van der Waals surface area contributed by atoms with E-state index in [1.165, 1.54) is 38.8 Å². The quantitative estimate of drug-likeness (QED) is 0.702. The summed E-state index contributed by atoms with van der Waals surface area (Å²) < 4.78 is 0. The van der Waals surface area contributed by atoms with Crippen molar-refractivity contribution in [1.82, 2.24) is 9.80 Å². The molecule has 0 atom stereocenters. The first-order valence-electron chi connectivity index (χ1n) is 6.36. The molecule has 2 heterocycles. The number of carbonyl (C=O) groups excluding carboxylic acids is 1. The molecule has 3 nitrogen and oxygen atoms in total. The maximum absolute atomic E-state index is 11.7. The lowest BCUT2D eigenvalue weighted by atomic mass is 10.2. The predicted octanol–water partition coefficient (Wildman–Crippen LogP) is 1.48. The van der Waals surface area contributed by atoms with Gasteiger partial charge in [0, 0.05) is 19.5 Å². The van der Waals surface area contributed by atoms with Crippen molar-refractivity contribution in [2.24, 2.45) is 0 Å². The maximum atomic E-state index is 11.7. The van der Waals surface area contributed by atoms with Gasteiger partial charge in [-0.05, 0) is 51.7 Å². The third-order valence-corrected chi connectivity index (χ3v) is 3.52. The summed E-state index contributed by atoms with van der Waals surface area (Å²) in [6, 6.07) is 0. The van der Waals surface area contributed by atoms with E-state index in [2.05, 4.69) is 4.90 Å². The second-order valence-electron chi connectivity index (χ2n) is 4.74. The van der Waals surface area contributed by atoms with Crippen LogP contribution in [0.4, 0.5) is 0 Å². The molecule has 2 saturated heterocycles. The van der Waals surface area contributed by atoms with E-state index < -0.39 is 0 Å². The van der Waals surface area contributed by atoms with E-state index in [4.69, 9.17) is 0 Å². The van der Waals surface area contributed by atoms with Crippen LogP contribution in [0.2, 0.25) is 0 Å². The van der Waals surface area contributed by atoms with Crippen LogP contribution < -0.4 is 0 Å². The molecule has 0 spiro atoms. The monoisotopic (exact) mass is 210 g/mol. The Morgan fingerprint density at radius 3 is 2.20 bits per heavy atom. The van der Waals surface area contributed by atoms with Crippen molar-refractivity contribution in [3.63, 3.8) is 0 Å². The second-order valence-corrected chi connectivity index (χ2v) is 4.74. The van der Waals surface area contributed by atoms with Crippen LogP contribution in [0.25, 0.3) is 0 Å². The molecular formula is C12H22N2O. The highest BCUT2D eigenvalue weighted by molar-refractivity contribution is 5.76. The lowest BCUT2D eigenvalue weighted by molar-refractivity contribution is -0.130. The molecule has 0 saturated carbocycles. The zero-order valence-electron chi connectivity index (χ0n) is 9.58. The van der Waals surface area contributed by atoms with Crippen molar-refractivity contribution in [1.29, 1.82) is 0 Å². The summed E-state index contributed by atoms with van der Waals surface area (Å²) >= 11 is 0. The molecule has 0 aromatic heterocycles. The lowest BCUT2D eigenvalue weighted by Crippen LogP contribution is -2.28. The molecule has 0 aliphatic carbocycles. The zero-order valence-corrected chi connectivity index (χ0v) is 9.58. The van der Waals surface area contributed by atoms with E-state index in [-0.39, 0.29) is 0 Å². The third-order valence-electron chi connectivity index (χ3n) is 3.52. The molecule has 1 amide bonds. The van der Waals surface area contributed by atoms with Crippen molar-refractivity contribution in [2.45, 2.75) is 38.5 Å². The van der Waals surface area contributed by atoms with Crippen molar-refractivity contribution < 1.29 is 4.79 Å². The standard InChI is InChI=1S/C12H22N2O/c15-12(14-10-3-4-11-14)6-5-9-13-7-1-2-8-13/h1-11H2. The Bertz CT molecular complexity index is 206. The average Bonchev–Trinajstić information content (AvgIpc) is 2.90. The minimum atomic E-state index is 0.381. The Hall–Kier alpha value is -0.570. The largest absolute Gasteiger partial charge is 0.343 e. The number of rotatable bonds is 4. The Morgan fingerprint density at radius 1 is 0.933 bits per heavy atom. The molecule has 3 heteroatoms. The Labute approximate surface area is 92.4 Å². The van der Waals surface area contributed by atoms with Gasteiger partial charge in [-0.1, -0.05) is 0 Å². The molecular weight excluding hydrogens is 188 g/mol. The first-order chi connectivity index (χ1) is 7.36. The molecule has 2 rings (SSSR count). The minimum Gasteiger partial charge on any atom is -0.343 e. The fraction of sp³-hybridized carbons (Fsp3) is 0.917. The number of carbonyl (C=O) groups is 1. The molecule has 86 valence electrons. The maximum Gasteiger partial charge on any atom is 0.222 e. The van der Waals surface area contributed by atoms with E-state index >= 15 is 0 Å². The van der Waals surface area contributed by atoms with Gasteiger partial charge < -0.3 is 9.80 Å². The van der Waals surface area contributed by atoms with Gasteiger partial charge in [-0.3, -0.25) is 4.79 Å². The first-order valence-corrected chi connectivity index (χ1v) is 6.36. The second kappa shape index (κ2) is 5.50. The Kier molecular flexibility index (Phi) is 4.01. The Morgan fingerprint density at radius 2 is 1.53 bits per heavy atom. The predicted molar refractivity (Wildman–Crippen MR) is 60.7 cm³/mol. The van der Waals surface area contributed by atoms with Gasteiger partial charge in [-0.2, -0.15) is 0 Å². The SMILES string of the molecule is O=C(CCCN1CCCC1)N1CCCC1. The van der Waals surface area contributed by atoms with Gasteiger partial charge >= 0.3 is 0 Å². The van der Waals surface area contributed by atoms with E-state index in [9.17, 15) is 4.79 Å². The number of hydrogen-bond donors (Lipinski definition) is 0. The highest BCUT2D eigenvalue weighted by Crippen LogP contribution is 2.12. The molecule has 2 aliphatic rings. The van der Waals surface area contributed by atoms with Crippen LogP contribution >= 0.6 is 0 Å². The summed E-state index contributed by atoms with van der Waals surface area (Å²) in [6.07, 6.45) is 6.92. The molecule has 2 fully saturated rings. The van der Waals surface area contributed by atoms with Gasteiger partial charge in [0.05, 0.1) is 0 Å². The summed E-state index contributed by atoms with van der Waals surface area (Å²) in [7, 11) is 0. The van der Waals surface area contributed by atoms with Crippen LogP contribution in [0.1, 0.15) is 38.5 Å². The van der Waals surface area contributed by atoms with Gasteiger partial charge in [0.15, 0.2) is 0 Å². The van der Waals surface area contributed by atoms with Gasteiger partial charge in [0.25, 0.3) is 0 Å². The van der Waals surface area contributed by atoms with Crippen LogP contribution in [-0.2, 0) is 4.79 Å². The summed E-state index contributed by atoms with van der Waals surface area (Å²) in [4.78, 5) is 16.2. The minimum absolute atomic E-state index is 0.381. The summed E-state index contributed by atoms with van der Waals surface area (Å²) in [5.41, 5.74) is 0. The number of hydrogen-bond acceptors (Lipinski definition) is 2. The van der Waals surface area contributed by atoms with Crippen LogP contribution in [0, 0.1) is 0 Å². The van der Waals surface area contributed by atoms with E-state index in [1.54, 1.807) is 0 Å². The molecule has 0 N–H and O–H groups in total. The number of nitrogens with zero attached hydrogens (tertiary/aromatic N) is 2. The van der Waals surface area contributed by atoms with Crippen LogP contribution in [0.3, 0.4) is 0 Å². The topological polar surface area (TPSA) is 23.6 Å². The summed E-state index contributed by atoms with van der Waals surface area (Å²) in [6.45, 7) is 5.63. The van der Waals surface area contributed by atoms with Crippen LogP contribution in [0.5, 0.6) is 0 Å². The molecule has 15 heavy (non-hydrogen) atoms. The first kappa shape index (κ1) is 10.9. The van der Waals surface area contributed by atoms with Gasteiger partial charge in [-0.25, -0.2) is 0 Å². The van der Waals surface area contributed by atoms with Gasteiger partial charge in [0.1, 0.15) is 0 Å². The summed E-state index contributed by atoms with van der Waals surface area (Å²) in [5, 5.41) is 0. The lowest BCUT2D eigenvalue weighted by Gasteiger charge is -2.17. The molecule has 0 aromatic rings. The van der Waals surface area contributed by atoms with E-state index in [1.807, 2.05) is 4.90 Å². The fourth-order valence-electron chi connectivity index (χ4n) is 2.58. The van der Waals surface area contributed by atoms with E-state index in [0.29, 0.717) is 5.91 Å². The normalized spacial score (nSPS) is 22.5. The van der Waals surface area contributed by atoms with Gasteiger partial charge in [-0.15, -0.1) is 0 Å². The molecule has 0 aromatic carbocycles. The average molecular weight is 210 g/mol. The molecule has 2 aliphatic heterocycles. The summed E-state index contributed by atoms with van der Waals surface area (Å²) in [5.74, 6) is 0.381. The Balaban J connectivity index is 1.58. The molecule has 0 bridgehead atoms. The van der Waals surface area contributed by atoms with Crippen molar-refractivity contribution in [3.8, 4) is 0 Å². The third kappa shape index (κ3) is 3.20. The zero-order chi connectivity index (χ0) is 10.5. The van der Waals surface area contributed by atoms with Crippen LogP contribution in [-0.4, -0.2) is 48.4 Å². The molecule has 0 radical (unpaired) electrons. The van der Waals surface area contributed by atoms with Crippen molar-refractivity contribution in [2.75, 3.05) is 32.7 Å². The fourth-order valence-corrected chi connectivity index (χ4v) is 2.58. The highest BCUT2D eigenvalue weighted by atomic mass is 16.2. The number of likely N-dealkylation sites (tertiary alicyclic amines) is 2. The highest BCUT2D eigenvalue weighted by Gasteiger charge is 2.18. The van der Waals surface area contributed by atoms with Crippen LogP contribution in [0.15, 0.2) is 0 Å². The van der Waals surface area contributed by atoms with Crippen molar-refractivity contribution in [3.05, 3.63) is 0 Å². The van der Waals surface area contributed by atoms with Gasteiger partial charge in [0.2, 0.25) is 5.91 Å². The molecule has 0 unspecified atom stereocenters. The number of amides is 1. The smallest absolute Gasteiger partial charge is 0.222 e. The van der Waals surface area contributed by atoms with E-state index in [0.717, 1.165) is 32.5 Å².